The summed E-state index contributed by atoms with van der Waals surface area (Å²) in [5.74, 6) is 0. The van der Waals surface area contributed by atoms with Crippen molar-refractivity contribution in [3.63, 3.8) is 0 Å². The predicted molar refractivity (Wildman–Crippen MR) is 8.64 cm³/mol. The van der Waals surface area contributed by atoms with Crippen molar-refractivity contribution >= 4 is 0 Å². The fraction of sp³-hybridized carbons (Fsp3) is 0. The van der Waals surface area contributed by atoms with E-state index >= 15 is 0 Å². The summed E-state index contributed by atoms with van der Waals surface area (Å²) in [6, 6.07) is 0. The van der Waals surface area contributed by atoms with E-state index in [2.05, 4.69) is 0 Å². The van der Waals surface area contributed by atoms with Crippen LogP contribution < -0.4 is 6.15 Å². The molecular formula is H5MoNOTi. The minimum absolute atomic E-state index is 0. The van der Waals surface area contributed by atoms with Crippen molar-refractivity contribution in [3.8, 4) is 0 Å². The molecule has 0 amide bonds. The van der Waals surface area contributed by atoms with Crippen LogP contribution >= 0.6 is 0 Å². The Hall–Kier alpha value is 1.32. The molecule has 0 aromatic carbocycles. The molecule has 0 atom stereocenters. The molecular weight excluding hydrogens is 174 g/mol. The van der Waals surface area contributed by atoms with E-state index in [0.29, 0.717) is 0 Å². The van der Waals surface area contributed by atoms with Gasteiger partial charge in [-0.05, 0) is 0 Å². The van der Waals surface area contributed by atoms with Crippen molar-refractivity contribution < 1.29 is 48.3 Å². The molecule has 0 aromatic heterocycles. The number of hydrogen-bond donors (Lipinski definition) is 1. The van der Waals surface area contributed by atoms with Crippen LogP contribution in [0.25, 0.3) is 0 Å². The molecule has 26 valence electrons. The molecule has 0 aliphatic rings. The van der Waals surface area contributed by atoms with Crippen LogP contribution in [0.4, 0.5) is 0 Å². The molecule has 0 radical (unpaired) electrons. The van der Waals surface area contributed by atoms with Crippen molar-refractivity contribution in [1.82, 2.24) is 6.15 Å². The quantitative estimate of drug-likeness (QED) is 0.492. The van der Waals surface area contributed by atoms with E-state index in [0.717, 1.165) is 0 Å². The van der Waals surface area contributed by atoms with Crippen molar-refractivity contribution in [2.75, 3.05) is 0 Å². The first-order chi connectivity index (χ1) is 0. The normalized spacial score (nSPS) is 0. The molecule has 0 heterocycles. The summed E-state index contributed by atoms with van der Waals surface area (Å²) in [6.45, 7) is 0. The van der Waals surface area contributed by atoms with Gasteiger partial charge in [0.15, 0.2) is 0 Å². The van der Waals surface area contributed by atoms with Crippen LogP contribution in [0.1, 0.15) is 0 Å². The van der Waals surface area contributed by atoms with Crippen LogP contribution in [0.5, 0.6) is 0 Å². The second kappa shape index (κ2) is 27.3. The average Bonchev–Trinajstić information content (AvgIpc) is 0. The van der Waals surface area contributed by atoms with Crippen molar-refractivity contribution in [2.24, 2.45) is 0 Å². The molecule has 0 unspecified atom stereocenters. The first-order valence-electron chi connectivity index (χ1n) is 0. The molecule has 0 aromatic rings. The molecule has 2 nitrogen and oxygen atoms in total. The van der Waals surface area contributed by atoms with Gasteiger partial charge < -0.3 is 11.6 Å². The van der Waals surface area contributed by atoms with Gasteiger partial charge in [-0.3, -0.25) is 0 Å². The SMILES string of the molecule is N.O.[Mo].[Ti]. The van der Waals surface area contributed by atoms with Crippen molar-refractivity contribution in [1.29, 1.82) is 0 Å². The maximum Gasteiger partial charge on any atom is 0 e. The van der Waals surface area contributed by atoms with Gasteiger partial charge in [0.1, 0.15) is 0 Å². The van der Waals surface area contributed by atoms with Crippen LogP contribution in [0.2, 0.25) is 0 Å². The topological polar surface area (TPSA) is 66.5 Å². The van der Waals surface area contributed by atoms with E-state index < -0.39 is 0 Å². The molecule has 0 aliphatic carbocycles. The zero-order valence-corrected chi connectivity index (χ0v) is 5.68. The Bertz CT molecular complexity index is 8.00. The third-order valence-electron chi connectivity index (χ3n) is 0. The largest absolute Gasteiger partial charge is 0.412 e. The molecule has 4 heteroatoms. The Balaban J connectivity index is 0. The minimum Gasteiger partial charge on any atom is -0.412 e. The van der Waals surface area contributed by atoms with Crippen LogP contribution in [-0.4, -0.2) is 5.48 Å². The molecule has 0 bridgehead atoms. The van der Waals surface area contributed by atoms with Gasteiger partial charge >= 0.3 is 0 Å². The molecule has 5 N–H and O–H groups in total. The second-order valence-electron chi connectivity index (χ2n) is 0. The van der Waals surface area contributed by atoms with Gasteiger partial charge in [0.2, 0.25) is 0 Å². The molecule has 0 fully saturated rings. The zero-order valence-electron chi connectivity index (χ0n) is 2.12. The zero-order chi connectivity index (χ0) is 0. The van der Waals surface area contributed by atoms with Crippen LogP contribution in [0.3, 0.4) is 0 Å². The summed E-state index contributed by atoms with van der Waals surface area (Å²) in [4.78, 5) is 0. The molecule has 0 saturated heterocycles. The first kappa shape index (κ1) is 56.9. The summed E-state index contributed by atoms with van der Waals surface area (Å²) in [6.07, 6.45) is 0. The van der Waals surface area contributed by atoms with E-state index in [1.807, 2.05) is 0 Å². The van der Waals surface area contributed by atoms with E-state index in [-0.39, 0.29) is 54.4 Å². The molecule has 0 rings (SSSR count). The van der Waals surface area contributed by atoms with Gasteiger partial charge in [-0.2, -0.15) is 0 Å². The van der Waals surface area contributed by atoms with Gasteiger partial charge in [-0.15, -0.1) is 0 Å². The average molecular weight is 179 g/mol. The summed E-state index contributed by atoms with van der Waals surface area (Å²) >= 11 is 0. The molecule has 0 saturated carbocycles. The van der Waals surface area contributed by atoms with Crippen LogP contribution in [0, 0.1) is 0 Å². The number of hydrogen-bond acceptors (Lipinski definition) is 1. The van der Waals surface area contributed by atoms with Crippen molar-refractivity contribution in [3.05, 3.63) is 0 Å². The Morgan fingerprint density at radius 1 is 1.00 bits per heavy atom. The Kier molecular flexibility index (Phi) is 388. The molecule has 4 heavy (non-hydrogen) atoms. The Morgan fingerprint density at radius 3 is 1.00 bits per heavy atom. The predicted octanol–water partition coefficient (Wildman–Crippen LogP) is -0.668. The van der Waals surface area contributed by atoms with Crippen LogP contribution in [0.15, 0.2) is 0 Å². The van der Waals surface area contributed by atoms with E-state index in [9.17, 15) is 0 Å². The molecule has 0 aliphatic heterocycles. The van der Waals surface area contributed by atoms with Gasteiger partial charge in [0, 0.05) is 42.8 Å². The van der Waals surface area contributed by atoms with Gasteiger partial charge in [-0.25, -0.2) is 0 Å². The molecule has 0 spiro atoms. The standard InChI is InChI=1S/Mo.H3N.H2O.Ti/h;1H3;1H2;. The summed E-state index contributed by atoms with van der Waals surface area (Å²) in [5, 5.41) is 0. The Labute approximate surface area is 54.4 Å². The fourth-order valence-electron chi connectivity index (χ4n) is 0. The van der Waals surface area contributed by atoms with E-state index in [1.165, 1.54) is 0 Å². The van der Waals surface area contributed by atoms with Gasteiger partial charge in [0.25, 0.3) is 0 Å². The summed E-state index contributed by atoms with van der Waals surface area (Å²) in [5.41, 5.74) is 0. The maximum absolute atomic E-state index is 0. The third-order valence-corrected chi connectivity index (χ3v) is 0. The third kappa shape index (κ3) is 10.2. The minimum atomic E-state index is 0. The number of rotatable bonds is 0. The second-order valence-corrected chi connectivity index (χ2v) is 0. The summed E-state index contributed by atoms with van der Waals surface area (Å²) < 4.78 is 0. The van der Waals surface area contributed by atoms with E-state index in [1.54, 1.807) is 0 Å². The first-order valence-corrected chi connectivity index (χ1v) is 0. The van der Waals surface area contributed by atoms with Gasteiger partial charge in [-0.1, -0.05) is 0 Å². The van der Waals surface area contributed by atoms with Crippen molar-refractivity contribution in [2.45, 2.75) is 0 Å². The smallest absolute Gasteiger partial charge is 0 e. The summed E-state index contributed by atoms with van der Waals surface area (Å²) in [7, 11) is 0. The monoisotopic (exact) mass is 181 g/mol. The Morgan fingerprint density at radius 2 is 1.00 bits per heavy atom. The van der Waals surface area contributed by atoms with Gasteiger partial charge in [0.05, 0.1) is 0 Å². The fourth-order valence-corrected chi connectivity index (χ4v) is 0. The van der Waals surface area contributed by atoms with Crippen LogP contribution in [-0.2, 0) is 42.8 Å². The van der Waals surface area contributed by atoms with E-state index in [4.69, 9.17) is 0 Å². The maximum atomic E-state index is 0.